The van der Waals surface area contributed by atoms with Crippen LogP contribution < -0.4 is 10.1 Å². The van der Waals surface area contributed by atoms with E-state index in [4.69, 9.17) is 9.47 Å². The Kier molecular flexibility index (Phi) is 5.30. The lowest BCUT2D eigenvalue weighted by atomic mass is 10.1. The summed E-state index contributed by atoms with van der Waals surface area (Å²) < 4.78 is 10.5. The Morgan fingerprint density at radius 1 is 1.12 bits per heavy atom. The van der Waals surface area contributed by atoms with Crippen molar-refractivity contribution >= 4 is 17.7 Å². The lowest BCUT2D eigenvalue weighted by molar-refractivity contribution is 0.00359. The number of hydrogen-bond acceptors (Lipinski definition) is 4. The summed E-state index contributed by atoms with van der Waals surface area (Å²) in [5, 5.41) is 2.64. The quantitative estimate of drug-likeness (QED) is 0.932. The van der Waals surface area contributed by atoms with Crippen LogP contribution in [0.3, 0.4) is 0 Å². The Morgan fingerprint density at radius 3 is 2.52 bits per heavy atom. The van der Waals surface area contributed by atoms with Crippen molar-refractivity contribution in [2.24, 2.45) is 0 Å². The third-order valence-electron chi connectivity index (χ3n) is 3.96. The third-order valence-corrected chi connectivity index (χ3v) is 3.96. The Hall–Kier alpha value is -2.86. The van der Waals surface area contributed by atoms with Gasteiger partial charge in [0.15, 0.2) is 0 Å². The number of carbonyl (C=O) groups excluding carboxylic acids is 2. The first-order valence-corrected chi connectivity index (χ1v) is 8.16. The van der Waals surface area contributed by atoms with Gasteiger partial charge in [-0.15, -0.1) is 0 Å². The minimum absolute atomic E-state index is 0.0331. The molecule has 1 N–H and O–H groups in total. The maximum atomic E-state index is 12.5. The van der Waals surface area contributed by atoms with Gasteiger partial charge in [-0.3, -0.25) is 10.1 Å². The summed E-state index contributed by atoms with van der Waals surface area (Å²) in [6, 6.07) is 15.6. The van der Waals surface area contributed by atoms with Crippen LogP contribution in [0.25, 0.3) is 0 Å². The van der Waals surface area contributed by atoms with Gasteiger partial charge in [-0.05, 0) is 43.3 Å². The molecule has 2 amide bonds. The highest BCUT2D eigenvalue weighted by atomic mass is 16.6. The second-order valence-electron chi connectivity index (χ2n) is 5.83. The zero-order valence-electron chi connectivity index (χ0n) is 14.0. The van der Waals surface area contributed by atoms with Crippen molar-refractivity contribution in [1.29, 1.82) is 0 Å². The average Bonchev–Trinajstić information content (AvgIpc) is 2.63. The summed E-state index contributed by atoms with van der Waals surface area (Å²) in [4.78, 5) is 26.2. The Balaban J connectivity index is 1.60. The normalized spacial score (nSPS) is 17.0. The molecule has 1 heterocycles. The highest BCUT2D eigenvalue weighted by Gasteiger charge is 2.24. The lowest BCUT2D eigenvalue weighted by Gasteiger charge is -2.33. The number of benzene rings is 2. The molecule has 1 saturated heterocycles. The third kappa shape index (κ3) is 4.36. The smallest absolute Gasteiger partial charge is 0.410 e. The lowest BCUT2D eigenvalue weighted by Crippen LogP contribution is -2.47. The largest absolute Gasteiger partial charge is 0.417 e. The van der Waals surface area contributed by atoms with Crippen molar-refractivity contribution < 1.29 is 19.1 Å². The van der Waals surface area contributed by atoms with E-state index < -0.39 is 6.09 Å². The predicted molar refractivity (Wildman–Crippen MR) is 93.8 cm³/mol. The summed E-state index contributed by atoms with van der Waals surface area (Å²) >= 11 is 0. The molecule has 0 radical (unpaired) electrons. The van der Waals surface area contributed by atoms with Crippen LogP contribution in [0, 0.1) is 0 Å². The van der Waals surface area contributed by atoms with Gasteiger partial charge in [0, 0.05) is 17.8 Å². The Bertz CT molecular complexity index is 731. The number of para-hydroxylation sites is 1. The fourth-order valence-corrected chi connectivity index (χ4v) is 2.63. The van der Waals surface area contributed by atoms with E-state index >= 15 is 0 Å². The van der Waals surface area contributed by atoms with E-state index in [2.05, 4.69) is 5.32 Å². The zero-order valence-corrected chi connectivity index (χ0v) is 14.0. The van der Waals surface area contributed by atoms with Gasteiger partial charge < -0.3 is 14.4 Å². The Labute approximate surface area is 146 Å². The fraction of sp³-hybridized carbons (Fsp3) is 0.263. The molecule has 1 unspecified atom stereocenters. The molecular weight excluding hydrogens is 320 g/mol. The van der Waals surface area contributed by atoms with Crippen molar-refractivity contribution in [1.82, 2.24) is 4.90 Å². The number of ether oxygens (including phenoxy) is 2. The Morgan fingerprint density at radius 2 is 1.84 bits per heavy atom. The summed E-state index contributed by atoms with van der Waals surface area (Å²) in [5.41, 5.74) is 1.14. The van der Waals surface area contributed by atoms with Gasteiger partial charge in [0.1, 0.15) is 5.75 Å². The van der Waals surface area contributed by atoms with Crippen LogP contribution in [0.1, 0.15) is 17.3 Å². The van der Waals surface area contributed by atoms with E-state index in [-0.39, 0.29) is 11.9 Å². The minimum atomic E-state index is -0.577. The van der Waals surface area contributed by atoms with Crippen molar-refractivity contribution in [2.45, 2.75) is 13.0 Å². The number of carbonyl (C=O) groups is 2. The first kappa shape index (κ1) is 17.0. The van der Waals surface area contributed by atoms with Gasteiger partial charge >= 0.3 is 6.09 Å². The molecule has 1 aliphatic heterocycles. The monoisotopic (exact) mass is 340 g/mol. The summed E-state index contributed by atoms with van der Waals surface area (Å²) in [6.45, 7) is 3.66. The summed E-state index contributed by atoms with van der Waals surface area (Å²) in [6.07, 6.45) is -0.577. The van der Waals surface area contributed by atoms with E-state index in [0.29, 0.717) is 36.8 Å². The van der Waals surface area contributed by atoms with Crippen LogP contribution in [0.2, 0.25) is 0 Å². The van der Waals surface area contributed by atoms with Gasteiger partial charge in [-0.25, -0.2) is 4.79 Å². The molecule has 0 bridgehead atoms. The fourth-order valence-electron chi connectivity index (χ4n) is 2.63. The maximum Gasteiger partial charge on any atom is 0.417 e. The first-order valence-electron chi connectivity index (χ1n) is 8.16. The van der Waals surface area contributed by atoms with Gasteiger partial charge in [0.25, 0.3) is 5.91 Å². The van der Waals surface area contributed by atoms with Crippen molar-refractivity contribution in [2.75, 3.05) is 25.1 Å². The molecule has 2 aromatic carbocycles. The topological polar surface area (TPSA) is 67.9 Å². The second kappa shape index (κ2) is 7.81. The van der Waals surface area contributed by atoms with Crippen molar-refractivity contribution in [3.63, 3.8) is 0 Å². The first-order chi connectivity index (χ1) is 12.1. The van der Waals surface area contributed by atoms with Gasteiger partial charge in [0.05, 0.1) is 19.3 Å². The average molecular weight is 340 g/mol. The molecule has 0 saturated carbocycles. The summed E-state index contributed by atoms with van der Waals surface area (Å²) in [5.74, 6) is 0.433. The molecule has 1 aliphatic rings. The van der Waals surface area contributed by atoms with E-state index in [1.807, 2.05) is 13.0 Å². The van der Waals surface area contributed by atoms with Crippen molar-refractivity contribution in [3.8, 4) is 5.75 Å². The maximum absolute atomic E-state index is 12.5. The van der Waals surface area contributed by atoms with E-state index in [1.165, 1.54) is 0 Å². The molecule has 3 rings (SSSR count). The molecule has 130 valence electrons. The molecule has 0 aromatic heterocycles. The molecule has 1 atom stereocenters. The molecular formula is C19H20N2O4. The number of nitrogens with one attached hydrogen (secondary N) is 1. The number of amides is 2. The molecule has 0 aliphatic carbocycles. The molecule has 2 aromatic rings. The molecule has 6 nitrogen and oxygen atoms in total. The predicted octanol–water partition coefficient (Wildman–Crippen LogP) is 3.16. The number of hydrogen-bond donors (Lipinski definition) is 1. The van der Waals surface area contributed by atoms with Gasteiger partial charge in [-0.1, -0.05) is 18.2 Å². The minimum Gasteiger partial charge on any atom is -0.410 e. The molecule has 6 heteroatoms. The van der Waals surface area contributed by atoms with Crippen LogP contribution in [-0.4, -0.2) is 42.7 Å². The SMILES string of the molecule is CC1COCCN1C(=O)c1ccc(NC(=O)Oc2ccccc2)cc1. The molecule has 25 heavy (non-hydrogen) atoms. The van der Waals surface area contributed by atoms with E-state index in [9.17, 15) is 9.59 Å². The number of anilines is 1. The van der Waals surface area contributed by atoms with Crippen LogP contribution in [0.4, 0.5) is 10.5 Å². The summed E-state index contributed by atoms with van der Waals surface area (Å²) in [7, 11) is 0. The number of morpholine rings is 1. The van der Waals surface area contributed by atoms with Gasteiger partial charge in [0.2, 0.25) is 0 Å². The highest BCUT2D eigenvalue weighted by molar-refractivity contribution is 5.95. The van der Waals surface area contributed by atoms with Crippen LogP contribution in [0.5, 0.6) is 5.75 Å². The van der Waals surface area contributed by atoms with Crippen molar-refractivity contribution in [3.05, 3.63) is 60.2 Å². The van der Waals surface area contributed by atoms with E-state index in [0.717, 1.165) is 0 Å². The van der Waals surface area contributed by atoms with E-state index in [1.54, 1.807) is 53.4 Å². The second-order valence-corrected chi connectivity index (χ2v) is 5.83. The zero-order chi connectivity index (χ0) is 17.6. The number of nitrogens with zero attached hydrogens (tertiary/aromatic N) is 1. The highest BCUT2D eigenvalue weighted by Crippen LogP contribution is 2.16. The van der Waals surface area contributed by atoms with Gasteiger partial charge in [-0.2, -0.15) is 0 Å². The molecule has 0 spiro atoms. The molecule has 1 fully saturated rings. The van der Waals surface area contributed by atoms with Crippen LogP contribution in [-0.2, 0) is 4.74 Å². The van der Waals surface area contributed by atoms with Crippen LogP contribution in [0.15, 0.2) is 54.6 Å². The van der Waals surface area contributed by atoms with Crippen LogP contribution >= 0.6 is 0 Å². The number of rotatable bonds is 3. The standard InChI is InChI=1S/C19H20N2O4/c1-14-13-24-12-11-21(14)18(22)15-7-9-16(10-8-15)20-19(23)25-17-5-3-2-4-6-17/h2-10,14H,11-13H2,1H3,(H,20,23).